The molecule has 1 rings (SSSR count). The number of ether oxygens (including phenoxy) is 2. The summed E-state index contributed by atoms with van der Waals surface area (Å²) in [6.07, 6.45) is 8.11. The van der Waals surface area contributed by atoms with Crippen molar-refractivity contribution in [1.82, 2.24) is 5.32 Å². The molecule has 1 fully saturated rings. The highest BCUT2D eigenvalue weighted by Gasteiger charge is 2.37. The quantitative estimate of drug-likeness (QED) is 0.400. The Kier molecular flexibility index (Phi) is 7.99. The SMILES string of the molecule is C=C(C)C(=O)OCCNC(=O)OC1(CCCCC)CCCC1. The first kappa shape index (κ1) is 18.5. The minimum Gasteiger partial charge on any atom is -0.460 e. The topological polar surface area (TPSA) is 64.6 Å². The fourth-order valence-corrected chi connectivity index (χ4v) is 2.77. The Labute approximate surface area is 133 Å². The van der Waals surface area contributed by atoms with E-state index in [2.05, 4.69) is 18.8 Å². The lowest BCUT2D eigenvalue weighted by Gasteiger charge is -2.29. The van der Waals surface area contributed by atoms with Gasteiger partial charge >= 0.3 is 12.1 Å². The molecule has 0 aromatic rings. The summed E-state index contributed by atoms with van der Waals surface area (Å²) < 4.78 is 10.6. The van der Waals surface area contributed by atoms with Crippen molar-refractivity contribution in [2.75, 3.05) is 13.2 Å². The molecule has 22 heavy (non-hydrogen) atoms. The normalized spacial score (nSPS) is 16.1. The van der Waals surface area contributed by atoms with Crippen LogP contribution >= 0.6 is 0 Å². The minimum absolute atomic E-state index is 0.129. The van der Waals surface area contributed by atoms with Crippen LogP contribution in [0.1, 0.15) is 65.2 Å². The van der Waals surface area contributed by atoms with Crippen LogP contribution in [0.15, 0.2) is 12.2 Å². The highest BCUT2D eigenvalue weighted by Crippen LogP contribution is 2.37. The number of carbonyl (C=O) groups excluding carboxylic acids is 2. The van der Waals surface area contributed by atoms with Gasteiger partial charge in [0.15, 0.2) is 0 Å². The van der Waals surface area contributed by atoms with E-state index in [1.807, 2.05) is 0 Å². The molecule has 0 aromatic heterocycles. The zero-order valence-electron chi connectivity index (χ0n) is 13.9. The predicted molar refractivity (Wildman–Crippen MR) is 85.6 cm³/mol. The van der Waals surface area contributed by atoms with E-state index < -0.39 is 12.1 Å². The van der Waals surface area contributed by atoms with Crippen LogP contribution in [0.25, 0.3) is 0 Å². The van der Waals surface area contributed by atoms with Crippen molar-refractivity contribution in [3.8, 4) is 0 Å². The van der Waals surface area contributed by atoms with Crippen LogP contribution in [0.2, 0.25) is 0 Å². The number of rotatable bonds is 9. The summed E-state index contributed by atoms with van der Waals surface area (Å²) in [4.78, 5) is 23.1. The van der Waals surface area contributed by atoms with E-state index in [1.54, 1.807) is 6.92 Å². The molecule has 126 valence electrons. The molecule has 1 amide bonds. The molecule has 5 nitrogen and oxygen atoms in total. The Balaban J connectivity index is 2.28. The van der Waals surface area contributed by atoms with E-state index >= 15 is 0 Å². The smallest absolute Gasteiger partial charge is 0.407 e. The first-order chi connectivity index (χ1) is 10.5. The number of nitrogens with one attached hydrogen (secondary N) is 1. The minimum atomic E-state index is -0.443. The van der Waals surface area contributed by atoms with Crippen LogP contribution in [-0.2, 0) is 14.3 Å². The Morgan fingerprint density at radius 1 is 1.23 bits per heavy atom. The fraction of sp³-hybridized carbons (Fsp3) is 0.765. The molecule has 0 saturated heterocycles. The standard InChI is InChI=1S/C17H29NO4/c1-4-5-6-9-17(10-7-8-11-17)22-16(20)18-12-13-21-15(19)14(2)3/h2,4-13H2,1,3H3,(H,18,20). The van der Waals surface area contributed by atoms with Gasteiger partial charge in [0.1, 0.15) is 12.2 Å². The first-order valence-electron chi connectivity index (χ1n) is 8.28. The van der Waals surface area contributed by atoms with Gasteiger partial charge in [0, 0.05) is 5.57 Å². The van der Waals surface area contributed by atoms with Crippen LogP contribution in [0.4, 0.5) is 4.79 Å². The van der Waals surface area contributed by atoms with Crippen LogP contribution in [0, 0.1) is 0 Å². The molecule has 1 saturated carbocycles. The predicted octanol–water partition coefficient (Wildman–Crippen LogP) is 3.73. The molecule has 0 aromatic carbocycles. The van der Waals surface area contributed by atoms with Gasteiger partial charge < -0.3 is 14.8 Å². The maximum atomic E-state index is 11.9. The van der Waals surface area contributed by atoms with Crippen LogP contribution in [0.3, 0.4) is 0 Å². The van der Waals surface area contributed by atoms with Crippen molar-refractivity contribution in [2.24, 2.45) is 0 Å². The Morgan fingerprint density at radius 3 is 2.50 bits per heavy atom. The molecule has 0 atom stereocenters. The number of hydrogen-bond acceptors (Lipinski definition) is 4. The van der Waals surface area contributed by atoms with Gasteiger partial charge in [-0.05, 0) is 45.4 Å². The summed E-state index contributed by atoms with van der Waals surface area (Å²) in [5.41, 5.74) is 0.0663. The van der Waals surface area contributed by atoms with Crippen LogP contribution in [-0.4, -0.2) is 30.8 Å². The molecule has 1 aliphatic rings. The van der Waals surface area contributed by atoms with Gasteiger partial charge in [-0.1, -0.05) is 26.3 Å². The Hall–Kier alpha value is -1.52. The lowest BCUT2D eigenvalue weighted by Crippen LogP contribution is -2.38. The molecular formula is C17H29NO4. The second-order valence-electron chi connectivity index (χ2n) is 6.08. The molecule has 0 bridgehead atoms. The number of alkyl carbamates (subject to hydrolysis) is 1. The Morgan fingerprint density at radius 2 is 1.91 bits per heavy atom. The summed E-state index contributed by atoms with van der Waals surface area (Å²) in [5.74, 6) is -0.443. The molecule has 0 radical (unpaired) electrons. The first-order valence-corrected chi connectivity index (χ1v) is 8.28. The van der Waals surface area contributed by atoms with Gasteiger partial charge in [-0.3, -0.25) is 0 Å². The van der Waals surface area contributed by atoms with Crippen molar-refractivity contribution in [1.29, 1.82) is 0 Å². The van der Waals surface area contributed by atoms with E-state index in [9.17, 15) is 9.59 Å². The van der Waals surface area contributed by atoms with Crippen molar-refractivity contribution < 1.29 is 19.1 Å². The van der Waals surface area contributed by atoms with E-state index in [4.69, 9.17) is 9.47 Å². The van der Waals surface area contributed by atoms with E-state index in [0.717, 1.165) is 44.9 Å². The van der Waals surface area contributed by atoms with Gasteiger partial charge in [0.25, 0.3) is 0 Å². The number of unbranched alkanes of at least 4 members (excludes halogenated alkanes) is 2. The van der Waals surface area contributed by atoms with Crippen molar-refractivity contribution in [2.45, 2.75) is 70.8 Å². The van der Waals surface area contributed by atoms with Gasteiger partial charge in [-0.2, -0.15) is 0 Å². The third-order valence-corrected chi connectivity index (χ3v) is 4.01. The summed E-state index contributed by atoms with van der Waals surface area (Å²) in [5, 5.41) is 2.65. The second-order valence-corrected chi connectivity index (χ2v) is 6.08. The summed E-state index contributed by atoms with van der Waals surface area (Å²) in [6, 6.07) is 0. The van der Waals surface area contributed by atoms with E-state index in [1.165, 1.54) is 6.42 Å². The maximum Gasteiger partial charge on any atom is 0.407 e. The average Bonchev–Trinajstić information content (AvgIpc) is 2.92. The molecule has 1 N–H and O–H groups in total. The summed E-state index contributed by atoms with van der Waals surface area (Å²) in [7, 11) is 0. The number of amides is 1. The molecule has 1 aliphatic carbocycles. The second kappa shape index (κ2) is 9.49. The largest absolute Gasteiger partial charge is 0.460 e. The molecule has 5 heteroatoms. The molecule has 0 spiro atoms. The zero-order valence-corrected chi connectivity index (χ0v) is 13.9. The van der Waals surface area contributed by atoms with Gasteiger partial charge in [0.2, 0.25) is 0 Å². The number of carbonyl (C=O) groups is 2. The van der Waals surface area contributed by atoms with E-state index in [0.29, 0.717) is 5.57 Å². The molecule has 0 aliphatic heterocycles. The summed E-state index contributed by atoms with van der Waals surface area (Å²) in [6.45, 7) is 7.63. The van der Waals surface area contributed by atoms with Crippen molar-refractivity contribution >= 4 is 12.1 Å². The lowest BCUT2D eigenvalue weighted by molar-refractivity contribution is -0.138. The van der Waals surface area contributed by atoms with Gasteiger partial charge in [-0.25, -0.2) is 9.59 Å². The highest BCUT2D eigenvalue weighted by molar-refractivity contribution is 5.86. The van der Waals surface area contributed by atoms with Gasteiger partial charge in [-0.15, -0.1) is 0 Å². The molecule has 0 heterocycles. The third-order valence-electron chi connectivity index (χ3n) is 4.01. The number of esters is 1. The third kappa shape index (κ3) is 6.50. The van der Waals surface area contributed by atoms with Crippen LogP contribution in [0.5, 0.6) is 0 Å². The molecular weight excluding hydrogens is 282 g/mol. The summed E-state index contributed by atoms with van der Waals surface area (Å²) >= 11 is 0. The lowest BCUT2D eigenvalue weighted by atomic mass is 9.94. The van der Waals surface area contributed by atoms with Crippen LogP contribution < -0.4 is 5.32 Å². The van der Waals surface area contributed by atoms with Crippen molar-refractivity contribution in [3.63, 3.8) is 0 Å². The zero-order chi connectivity index (χ0) is 16.4. The fourth-order valence-electron chi connectivity index (χ4n) is 2.77. The maximum absolute atomic E-state index is 11.9. The van der Waals surface area contributed by atoms with Gasteiger partial charge in [0.05, 0.1) is 6.54 Å². The molecule has 0 unspecified atom stereocenters. The van der Waals surface area contributed by atoms with E-state index in [-0.39, 0.29) is 18.8 Å². The Bertz CT molecular complexity index is 386. The monoisotopic (exact) mass is 311 g/mol. The number of hydrogen-bond donors (Lipinski definition) is 1. The average molecular weight is 311 g/mol. The highest BCUT2D eigenvalue weighted by atomic mass is 16.6. The van der Waals surface area contributed by atoms with Crippen molar-refractivity contribution in [3.05, 3.63) is 12.2 Å².